The highest BCUT2D eigenvalue weighted by molar-refractivity contribution is 6.23. The van der Waals surface area contributed by atoms with Crippen LogP contribution in [-0.2, 0) is 0 Å². The molecule has 74 valence electrons. The summed E-state index contributed by atoms with van der Waals surface area (Å²) >= 11 is 6.32. The molecule has 0 aliphatic carbocycles. The summed E-state index contributed by atoms with van der Waals surface area (Å²) in [5, 5.41) is 0. The van der Waals surface area contributed by atoms with Crippen LogP contribution in [0.25, 0.3) is 0 Å². The summed E-state index contributed by atoms with van der Waals surface area (Å²) in [6.07, 6.45) is 3.47. The van der Waals surface area contributed by atoms with Crippen molar-refractivity contribution in [1.29, 1.82) is 0 Å². The number of alkyl halides is 1. The van der Waals surface area contributed by atoms with Gasteiger partial charge in [-0.25, -0.2) is 0 Å². The molecule has 0 amide bonds. The Hall–Kier alpha value is 0.290. The maximum Gasteiger partial charge on any atom is 0.0418 e. The van der Waals surface area contributed by atoms with Gasteiger partial charge in [0.05, 0.1) is 0 Å². The van der Waals surface area contributed by atoms with E-state index in [0.717, 1.165) is 24.7 Å². The standard InChI is InChI=1S/C11H23Cl/c1-6-9(3)10(4)8-11(5,12)7-2/h9-10H,6-8H2,1-5H3. The van der Waals surface area contributed by atoms with Crippen molar-refractivity contribution >= 4 is 11.6 Å². The normalized spacial score (nSPS) is 21.5. The van der Waals surface area contributed by atoms with E-state index in [2.05, 4.69) is 34.6 Å². The molecule has 0 aromatic carbocycles. The smallest absolute Gasteiger partial charge is 0.0418 e. The lowest BCUT2D eigenvalue weighted by atomic mass is 9.85. The highest BCUT2D eigenvalue weighted by Crippen LogP contribution is 2.31. The first-order chi connectivity index (χ1) is 5.43. The van der Waals surface area contributed by atoms with E-state index in [4.69, 9.17) is 11.6 Å². The Bertz CT molecular complexity index is 118. The molecular formula is C11H23Cl. The highest BCUT2D eigenvalue weighted by Gasteiger charge is 2.23. The van der Waals surface area contributed by atoms with Gasteiger partial charge in [0.2, 0.25) is 0 Å². The van der Waals surface area contributed by atoms with Crippen molar-refractivity contribution in [1.82, 2.24) is 0 Å². The molecule has 0 heterocycles. The molecule has 12 heavy (non-hydrogen) atoms. The topological polar surface area (TPSA) is 0 Å². The summed E-state index contributed by atoms with van der Waals surface area (Å²) in [4.78, 5) is 0.0167. The Morgan fingerprint density at radius 1 is 1.17 bits per heavy atom. The van der Waals surface area contributed by atoms with Gasteiger partial charge in [0, 0.05) is 4.87 Å². The van der Waals surface area contributed by atoms with Gasteiger partial charge in [-0.2, -0.15) is 0 Å². The van der Waals surface area contributed by atoms with Crippen LogP contribution >= 0.6 is 11.6 Å². The van der Waals surface area contributed by atoms with Crippen LogP contribution in [0, 0.1) is 11.8 Å². The number of hydrogen-bond acceptors (Lipinski definition) is 0. The third kappa shape index (κ3) is 4.35. The fourth-order valence-electron chi connectivity index (χ4n) is 1.42. The lowest BCUT2D eigenvalue weighted by molar-refractivity contribution is 0.316. The van der Waals surface area contributed by atoms with E-state index in [1.165, 1.54) is 6.42 Å². The molecule has 3 atom stereocenters. The zero-order valence-corrected chi connectivity index (χ0v) is 9.91. The van der Waals surface area contributed by atoms with Crippen LogP contribution in [0.4, 0.5) is 0 Å². The van der Waals surface area contributed by atoms with E-state index in [1.807, 2.05) is 0 Å². The largest absolute Gasteiger partial charge is 0.120 e. The van der Waals surface area contributed by atoms with E-state index in [0.29, 0.717) is 0 Å². The van der Waals surface area contributed by atoms with Crippen molar-refractivity contribution in [3.05, 3.63) is 0 Å². The molecule has 0 aromatic heterocycles. The molecule has 0 radical (unpaired) electrons. The zero-order chi connectivity index (χ0) is 9.78. The summed E-state index contributed by atoms with van der Waals surface area (Å²) in [5.41, 5.74) is 0. The van der Waals surface area contributed by atoms with Crippen LogP contribution in [0.5, 0.6) is 0 Å². The molecule has 0 rings (SSSR count). The van der Waals surface area contributed by atoms with Gasteiger partial charge in [-0.05, 0) is 31.6 Å². The Morgan fingerprint density at radius 3 is 2.00 bits per heavy atom. The molecule has 0 bridgehead atoms. The first-order valence-corrected chi connectivity index (χ1v) is 5.49. The third-order valence-corrected chi connectivity index (χ3v) is 3.52. The molecule has 3 unspecified atom stereocenters. The predicted molar refractivity (Wildman–Crippen MR) is 57.8 cm³/mol. The number of rotatable bonds is 5. The summed E-state index contributed by atoms with van der Waals surface area (Å²) in [7, 11) is 0. The summed E-state index contributed by atoms with van der Waals surface area (Å²) < 4.78 is 0. The quantitative estimate of drug-likeness (QED) is 0.562. The minimum atomic E-state index is 0.0167. The maximum atomic E-state index is 6.32. The maximum absolute atomic E-state index is 6.32. The Morgan fingerprint density at radius 2 is 1.67 bits per heavy atom. The van der Waals surface area contributed by atoms with Crippen LogP contribution in [0.15, 0.2) is 0 Å². The second-order valence-electron chi connectivity index (χ2n) is 4.33. The lowest BCUT2D eigenvalue weighted by Crippen LogP contribution is -2.22. The number of hydrogen-bond donors (Lipinski definition) is 0. The van der Waals surface area contributed by atoms with E-state index in [9.17, 15) is 0 Å². The van der Waals surface area contributed by atoms with Gasteiger partial charge in [-0.15, -0.1) is 11.6 Å². The summed E-state index contributed by atoms with van der Waals surface area (Å²) in [6.45, 7) is 11.2. The molecule has 0 fully saturated rings. The Labute approximate surface area is 82.7 Å². The monoisotopic (exact) mass is 190 g/mol. The molecule has 0 aliphatic rings. The zero-order valence-electron chi connectivity index (χ0n) is 9.15. The first kappa shape index (κ1) is 12.3. The minimum Gasteiger partial charge on any atom is -0.120 e. The summed E-state index contributed by atoms with van der Waals surface area (Å²) in [6, 6.07) is 0. The van der Waals surface area contributed by atoms with Gasteiger partial charge in [0.25, 0.3) is 0 Å². The van der Waals surface area contributed by atoms with Crippen molar-refractivity contribution in [2.45, 2.75) is 58.8 Å². The Kier molecular flexibility index (Phi) is 5.24. The molecule has 0 spiro atoms. The molecule has 0 nitrogen and oxygen atoms in total. The lowest BCUT2D eigenvalue weighted by Gasteiger charge is -2.27. The first-order valence-electron chi connectivity index (χ1n) is 5.11. The van der Waals surface area contributed by atoms with Crippen LogP contribution in [0.2, 0.25) is 0 Å². The second-order valence-corrected chi connectivity index (χ2v) is 5.25. The molecule has 0 aliphatic heterocycles. The van der Waals surface area contributed by atoms with Crippen LogP contribution in [-0.4, -0.2) is 4.87 Å². The van der Waals surface area contributed by atoms with Crippen molar-refractivity contribution in [3.63, 3.8) is 0 Å². The van der Waals surface area contributed by atoms with Crippen molar-refractivity contribution in [2.75, 3.05) is 0 Å². The average Bonchev–Trinajstić information content (AvgIpc) is 2.02. The predicted octanol–water partition coefficient (Wildman–Crippen LogP) is 4.47. The van der Waals surface area contributed by atoms with Crippen molar-refractivity contribution in [3.8, 4) is 0 Å². The second kappa shape index (κ2) is 5.11. The van der Waals surface area contributed by atoms with Gasteiger partial charge < -0.3 is 0 Å². The molecule has 0 saturated carbocycles. The van der Waals surface area contributed by atoms with Crippen LogP contribution in [0.1, 0.15) is 53.9 Å². The Balaban J connectivity index is 3.90. The van der Waals surface area contributed by atoms with Crippen LogP contribution < -0.4 is 0 Å². The SMILES string of the molecule is CCC(C)C(C)CC(C)(Cl)CC. The van der Waals surface area contributed by atoms with Crippen LogP contribution in [0.3, 0.4) is 0 Å². The van der Waals surface area contributed by atoms with Crippen molar-refractivity contribution in [2.24, 2.45) is 11.8 Å². The van der Waals surface area contributed by atoms with Gasteiger partial charge in [0.1, 0.15) is 0 Å². The molecule has 0 aromatic rings. The van der Waals surface area contributed by atoms with E-state index < -0.39 is 0 Å². The number of halogens is 1. The molecule has 0 N–H and O–H groups in total. The van der Waals surface area contributed by atoms with Gasteiger partial charge in [-0.3, -0.25) is 0 Å². The highest BCUT2D eigenvalue weighted by atomic mass is 35.5. The minimum absolute atomic E-state index is 0.0167. The van der Waals surface area contributed by atoms with Gasteiger partial charge >= 0.3 is 0 Å². The van der Waals surface area contributed by atoms with Gasteiger partial charge in [-0.1, -0.05) is 34.1 Å². The molecular weight excluding hydrogens is 168 g/mol. The molecule has 1 heteroatoms. The van der Waals surface area contributed by atoms with E-state index in [-0.39, 0.29) is 4.87 Å². The van der Waals surface area contributed by atoms with Crippen molar-refractivity contribution < 1.29 is 0 Å². The van der Waals surface area contributed by atoms with E-state index >= 15 is 0 Å². The summed E-state index contributed by atoms with van der Waals surface area (Å²) in [5.74, 6) is 1.55. The third-order valence-electron chi connectivity index (χ3n) is 3.10. The molecule has 0 saturated heterocycles. The fraction of sp³-hybridized carbons (Fsp3) is 1.00. The average molecular weight is 191 g/mol. The van der Waals surface area contributed by atoms with Gasteiger partial charge in [0.15, 0.2) is 0 Å². The van der Waals surface area contributed by atoms with E-state index in [1.54, 1.807) is 0 Å². The fourth-order valence-corrected chi connectivity index (χ4v) is 1.66.